The van der Waals surface area contributed by atoms with Gasteiger partial charge in [-0.2, -0.15) is 15.0 Å². The van der Waals surface area contributed by atoms with Crippen LogP contribution in [0.3, 0.4) is 0 Å². The number of hydrogen-bond donors (Lipinski definition) is 1. The van der Waals surface area contributed by atoms with E-state index in [2.05, 4.69) is 20.3 Å². The van der Waals surface area contributed by atoms with Crippen LogP contribution in [0.25, 0.3) is 0 Å². The molecule has 1 atom stereocenters. The van der Waals surface area contributed by atoms with Crippen molar-refractivity contribution in [3.05, 3.63) is 31.9 Å². The van der Waals surface area contributed by atoms with Crippen LogP contribution < -0.4 is 5.32 Å². The lowest BCUT2D eigenvalue weighted by Crippen LogP contribution is -2.08. The van der Waals surface area contributed by atoms with E-state index in [0.717, 1.165) is 9.21 Å². The van der Waals surface area contributed by atoms with Crippen molar-refractivity contribution in [3.63, 3.8) is 0 Å². The van der Waals surface area contributed by atoms with E-state index in [1.54, 1.807) is 0 Å². The van der Waals surface area contributed by atoms with E-state index < -0.39 is 0 Å². The van der Waals surface area contributed by atoms with Gasteiger partial charge >= 0.3 is 0 Å². The van der Waals surface area contributed by atoms with E-state index in [-0.39, 0.29) is 16.6 Å². The van der Waals surface area contributed by atoms with Crippen molar-refractivity contribution in [1.29, 1.82) is 0 Å². The van der Waals surface area contributed by atoms with Gasteiger partial charge in [-0.1, -0.05) is 11.6 Å². The summed E-state index contributed by atoms with van der Waals surface area (Å²) >= 11 is 18.7. The molecule has 8 heteroatoms. The molecule has 2 rings (SSSR count). The van der Waals surface area contributed by atoms with Gasteiger partial charge in [0.15, 0.2) is 0 Å². The first-order valence-corrected chi connectivity index (χ1v) is 6.58. The summed E-state index contributed by atoms with van der Waals surface area (Å²) in [6.45, 7) is 1.97. The third-order valence-electron chi connectivity index (χ3n) is 1.95. The van der Waals surface area contributed by atoms with Crippen molar-refractivity contribution in [2.24, 2.45) is 0 Å². The number of aromatic nitrogens is 3. The molecule has 0 aliphatic carbocycles. The van der Waals surface area contributed by atoms with Gasteiger partial charge < -0.3 is 5.32 Å². The van der Waals surface area contributed by atoms with Crippen LogP contribution in [0, 0.1) is 0 Å². The largest absolute Gasteiger partial charge is 0.347 e. The zero-order valence-corrected chi connectivity index (χ0v) is 11.7. The molecule has 17 heavy (non-hydrogen) atoms. The number of nitrogens with zero attached hydrogens (tertiary/aromatic N) is 3. The number of rotatable bonds is 3. The standard InChI is InChI=1S/C9H7Cl3N4S/c1-4(5-2-3-6(10)17-5)13-9-15-7(11)14-8(12)16-9/h2-4H,1H3,(H,13,14,15,16). The molecular formula is C9H7Cl3N4S. The normalized spacial score (nSPS) is 12.5. The Morgan fingerprint density at radius 3 is 2.29 bits per heavy atom. The molecule has 2 aromatic heterocycles. The summed E-state index contributed by atoms with van der Waals surface area (Å²) < 4.78 is 0.736. The molecule has 4 nitrogen and oxygen atoms in total. The topological polar surface area (TPSA) is 50.7 Å². The molecule has 0 amide bonds. The zero-order valence-electron chi connectivity index (χ0n) is 8.62. The molecule has 0 aromatic carbocycles. The molecule has 0 aliphatic rings. The Bertz CT molecular complexity index is 510. The smallest absolute Gasteiger partial charge is 0.228 e. The maximum absolute atomic E-state index is 5.87. The van der Waals surface area contributed by atoms with Crippen LogP contribution in [0.15, 0.2) is 12.1 Å². The summed E-state index contributed by atoms with van der Waals surface area (Å²) in [4.78, 5) is 12.6. The molecular weight excluding hydrogens is 303 g/mol. The first kappa shape index (κ1) is 12.8. The maximum Gasteiger partial charge on any atom is 0.228 e. The second-order valence-electron chi connectivity index (χ2n) is 3.20. The van der Waals surface area contributed by atoms with Crippen LogP contribution in [0.5, 0.6) is 0 Å². The van der Waals surface area contributed by atoms with Crippen LogP contribution in [0.4, 0.5) is 5.95 Å². The summed E-state index contributed by atoms with van der Waals surface area (Å²) in [7, 11) is 0. The Morgan fingerprint density at radius 2 is 1.76 bits per heavy atom. The Morgan fingerprint density at radius 1 is 1.12 bits per heavy atom. The SMILES string of the molecule is CC(Nc1nc(Cl)nc(Cl)n1)c1ccc(Cl)s1. The lowest BCUT2D eigenvalue weighted by Gasteiger charge is -2.11. The molecule has 0 spiro atoms. The van der Waals surface area contributed by atoms with Gasteiger partial charge in [-0.15, -0.1) is 11.3 Å². The molecule has 0 aliphatic heterocycles. The van der Waals surface area contributed by atoms with Crippen LogP contribution in [-0.2, 0) is 0 Å². The molecule has 0 saturated carbocycles. The Balaban J connectivity index is 2.15. The third kappa shape index (κ3) is 3.42. The van der Waals surface area contributed by atoms with E-state index in [0.29, 0.717) is 5.95 Å². The predicted octanol–water partition coefficient (Wildman–Crippen LogP) is 4.07. The number of anilines is 1. The van der Waals surface area contributed by atoms with E-state index in [1.807, 2.05) is 19.1 Å². The predicted molar refractivity (Wildman–Crippen MR) is 71.2 cm³/mol. The summed E-state index contributed by atoms with van der Waals surface area (Å²) in [5.41, 5.74) is 0. The maximum atomic E-state index is 5.87. The first-order valence-electron chi connectivity index (χ1n) is 4.63. The molecule has 0 radical (unpaired) electrons. The van der Waals surface area contributed by atoms with Gasteiger partial charge in [0.05, 0.1) is 10.4 Å². The number of hydrogen-bond acceptors (Lipinski definition) is 5. The molecule has 0 saturated heterocycles. The minimum atomic E-state index is 0.0158. The molecule has 1 N–H and O–H groups in total. The summed E-state index contributed by atoms with van der Waals surface area (Å²) in [5, 5.41) is 3.19. The highest BCUT2D eigenvalue weighted by atomic mass is 35.5. The average molecular weight is 310 g/mol. The molecule has 0 fully saturated rings. The highest BCUT2D eigenvalue weighted by Gasteiger charge is 2.11. The Labute approximate surface area is 117 Å². The average Bonchev–Trinajstić information content (AvgIpc) is 2.63. The van der Waals surface area contributed by atoms with Crippen LogP contribution in [-0.4, -0.2) is 15.0 Å². The number of halogens is 3. The zero-order chi connectivity index (χ0) is 12.4. The third-order valence-corrected chi connectivity index (χ3v) is 3.70. The van der Waals surface area contributed by atoms with Gasteiger partial charge in [0.1, 0.15) is 0 Å². The Hall–Kier alpha value is -0.620. The van der Waals surface area contributed by atoms with Crippen molar-refractivity contribution in [1.82, 2.24) is 15.0 Å². The van der Waals surface area contributed by atoms with Gasteiger partial charge in [0, 0.05) is 4.88 Å². The van der Waals surface area contributed by atoms with Gasteiger partial charge in [-0.25, -0.2) is 0 Å². The van der Waals surface area contributed by atoms with E-state index in [4.69, 9.17) is 34.8 Å². The fourth-order valence-electron chi connectivity index (χ4n) is 1.22. The fraction of sp³-hybridized carbons (Fsp3) is 0.222. The minimum Gasteiger partial charge on any atom is -0.347 e. The summed E-state index contributed by atoms with van der Waals surface area (Å²) in [6.07, 6.45) is 0. The Kier molecular flexibility index (Phi) is 4.04. The highest BCUT2D eigenvalue weighted by Crippen LogP contribution is 2.28. The van der Waals surface area contributed by atoms with Crippen molar-refractivity contribution in [2.75, 3.05) is 5.32 Å². The second kappa shape index (κ2) is 5.35. The van der Waals surface area contributed by atoms with Gasteiger partial charge in [0.2, 0.25) is 16.5 Å². The van der Waals surface area contributed by atoms with Crippen LogP contribution >= 0.6 is 46.1 Å². The molecule has 90 valence electrons. The molecule has 0 bridgehead atoms. The molecule has 2 aromatic rings. The van der Waals surface area contributed by atoms with Gasteiger partial charge in [-0.3, -0.25) is 0 Å². The first-order chi connectivity index (χ1) is 8.04. The van der Waals surface area contributed by atoms with Gasteiger partial charge in [-0.05, 0) is 42.3 Å². The highest BCUT2D eigenvalue weighted by molar-refractivity contribution is 7.16. The fourth-order valence-corrected chi connectivity index (χ4v) is 2.64. The van der Waals surface area contributed by atoms with E-state index in [9.17, 15) is 0 Å². The lowest BCUT2D eigenvalue weighted by atomic mass is 10.3. The summed E-state index contributed by atoms with van der Waals surface area (Å²) in [6, 6.07) is 3.80. The molecule has 2 heterocycles. The quantitative estimate of drug-likeness (QED) is 0.928. The van der Waals surface area contributed by atoms with E-state index in [1.165, 1.54) is 11.3 Å². The van der Waals surface area contributed by atoms with Crippen molar-refractivity contribution in [3.8, 4) is 0 Å². The van der Waals surface area contributed by atoms with Gasteiger partial charge in [0.25, 0.3) is 0 Å². The van der Waals surface area contributed by atoms with Crippen molar-refractivity contribution < 1.29 is 0 Å². The second-order valence-corrected chi connectivity index (χ2v) is 5.63. The minimum absolute atomic E-state index is 0.0158. The molecule has 1 unspecified atom stereocenters. The van der Waals surface area contributed by atoms with E-state index >= 15 is 0 Å². The number of thiophene rings is 1. The van der Waals surface area contributed by atoms with Crippen molar-refractivity contribution >= 4 is 52.1 Å². The van der Waals surface area contributed by atoms with Crippen LogP contribution in [0.1, 0.15) is 17.8 Å². The monoisotopic (exact) mass is 308 g/mol. The van der Waals surface area contributed by atoms with Crippen LogP contribution in [0.2, 0.25) is 14.9 Å². The summed E-state index contributed by atoms with van der Waals surface area (Å²) in [5.74, 6) is 0.340. The number of nitrogens with one attached hydrogen (secondary N) is 1. The lowest BCUT2D eigenvalue weighted by molar-refractivity contribution is 0.871. The van der Waals surface area contributed by atoms with Crippen molar-refractivity contribution in [2.45, 2.75) is 13.0 Å².